The van der Waals surface area contributed by atoms with E-state index in [9.17, 15) is 4.79 Å². The number of nitrogens with zero attached hydrogens (tertiary/aromatic N) is 1. The summed E-state index contributed by atoms with van der Waals surface area (Å²) in [5, 5.41) is 3.31. The summed E-state index contributed by atoms with van der Waals surface area (Å²) in [6.45, 7) is 2.70. The average Bonchev–Trinajstić information content (AvgIpc) is 2.34. The first-order valence-corrected chi connectivity index (χ1v) is 6.22. The average molecular weight is 345 g/mol. The molecule has 1 rings (SSSR count). The van der Waals surface area contributed by atoms with Crippen LogP contribution in [0.4, 0.5) is 0 Å². The van der Waals surface area contributed by atoms with Gasteiger partial charge in [0.25, 0.3) is 0 Å². The van der Waals surface area contributed by atoms with E-state index in [-0.39, 0.29) is 36.8 Å². The van der Waals surface area contributed by atoms with Gasteiger partial charge in [0.2, 0.25) is 11.8 Å². The Labute approximate surface area is 136 Å². The number of aromatic nitrogens is 1. The van der Waals surface area contributed by atoms with Gasteiger partial charge in [0.15, 0.2) is 0 Å². The molecule has 0 aliphatic carbocycles. The molecule has 1 amide bonds. The number of ether oxygens (including phenoxy) is 1. The van der Waals surface area contributed by atoms with Crippen molar-refractivity contribution in [3.05, 3.63) is 23.4 Å². The zero-order valence-electron chi connectivity index (χ0n) is 11.2. The lowest BCUT2D eigenvalue weighted by molar-refractivity contribution is -0.121. The first-order chi connectivity index (χ1) is 8.58. The Morgan fingerprint density at radius 2 is 2.20 bits per heavy atom. The number of carbonyl (C=O) groups excluding carboxylic acids is 1. The molecule has 0 fully saturated rings. The summed E-state index contributed by atoms with van der Waals surface area (Å²) in [4.78, 5) is 15.3. The lowest BCUT2D eigenvalue weighted by Gasteiger charge is -2.08. The normalized spacial score (nSPS) is 10.8. The zero-order valence-corrected chi connectivity index (χ0v) is 13.6. The number of amides is 1. The molecule has 3 N–H and O–H groups in total. The van der Waals surface area contributed by atoms with E-state index in [1.54, 1.807) is 12.1 Å². The lowest BCUT2D eigenvalue weighted by Crippen LogP contribution is -2.29. The van der Waals surface area contributed by atoms with Crippen molar-refractivity contribution >= 4 is 42.3 Å². The van der Waals surface area contributed by atoms with Gasteiger partial charge in [-0.3, -0.25) is 4.79 Å². The highest BCUT2D eigenvalue weighted by molar-refractivity contribution is 6.30. The van der Waals surface area contributed by atoms with Crippen molar-refractivity contribution < 1.29 is 9.53 Å². The lowest BCUT2D eigenvalue weighted by atomic mass is 10.2. The van der Waals surface area contributed by atoms with Gasteiger partial charge in [-0.05, 0) is 19.4 Å². The van der Waals surface area contributed by atoms with Gasteiger partial charge in [-0.25, -0.2) is 4.98 Å². The summed E-state index contributed by atoms with van der Waals surface area (Å²) < 4.78 is 5.33. The molecular formula is C12H20Cl3N3O2. The third-order valence-electron chi connectivity index (χ3n) is 2.20. The second-order valence-electron chi connectivity index (χ2n) is 4.03. The van der Waals surface area contributed by atoms with E-state index in [0.717, 1.165) is 0 Å². The first-order valence-electron chi connectivity index (χ1n) is 5.84. The fraction of sp³-hybridized carbons (Fsp3) is 0.500. The Morgan fingerprint density at radius 1 is 1.50 bits per heavy atom. The highest BCUT2D eigenvalue weighted by atomic mass is 35.5. The SMILES string of the molecule is CC(N)CCC(=O)NCCOc1ccc(Cl)cn1.Cl.Cl. The molecule has 8 heteroatoms. The van der Waals surface area contributed by atoms with Crippen LogP contribution in [0.5, 0.6) is 5.88 Å². The molecule has 0 aromatic carbocycles. The van der Waals surface area contributed by atoms with Gasteiger partial charge < -0.3 is 15.8 Å². The molecule has 116 valence electrons. The third-order valence-corrected chi connectivity index (χ3v) is 2.42. The summed E-state index contributed by atoms with van der Waals surface area (Å²) in [7, 11) is 0. The van der Waals surface area contributed by atoms with E-state index in [2.05, 4.69) is 10.3 Å². The minimum atomic E-state index is -0.0139. The van der Waals surface area contributed by atoms with Crippen LogP contribution in [0.1, 0.15) is 19.8 Å². The van der Waals surface area contributed by atoms with Gasteiger partial charge in [0.1, 0.15) is 6.61 Å². The predicted molar refractivity (Wildman–Crippen MR) is 85.1 cm³/mol. The van der Waals surface area contributed by atoms with Crippen LogP contribution < -0.4 is 15.8 Å². The third kappa shape index (κ3) is 10.1. The Balaban J connectivity index is 0. The molecule has 0 spiro atoms. The van der Waals surface area contributed by atoms with Crippen molar-refractivity contribution in [2.24, 2.45) is 5.73 Å². The number of nitrogens with one attached hydrogen (secondary N) is 1. The molecule has 1 aromatic rings. The van der Waals surface area contributed by atoms with E-state index in [1.165, 1.54) is 6.20 Å². The highest BCUT2D eigenvalue weighted by Gasteiger charge is 2.03. The Kier molecular flexibility index (Phi) is 13.0. The van der Waals surface area contributed by atoms with Gasteiger partial charge in [-0.15, -0.1) is 24.8 Å². The summed E-state index contributed by atoms with van der Waals surface area (Å²) >= 11 is 5.69. The molecule has 20 heavy (non-hydrogen) atoms. The van der Waals surface area contributed by atoms with Crippen molar-refractivity contribution in [1.82, 2.24) is 10.3 Å². The van der Waals surface area contributed by atoms with E-state index < -0.39 is 0 Å². The van der Waals surface area contributed by atoms with Crippen molar-refractivity contribution in [2.75, 3.05) is 13.2 Å². The molecule has 0 radical (unpaired) electrons. The topological polar surface area (TPSA) is 77.2 Å². The molecule has 1 aromatic heterocycles. The minimum Gasteiger partial charge on any atom is -0.476 e. The minimum absolute atomic E-state index is 0. The molecular weight excluding hydrogens is 325 g/mol. The highest BCUT2D eigenvalue weighted by Crippen LogP contribution is 2.10. The maximum Gasteiger partial charge on any atom is 0.220 e. The maximum atomic E-state index is 11.3. The summed E-state index contributed by atoms with van der Waals surface area (Å²) in [5.74, 6) is 0.476. The number of hydrogen-bond acceptors (Lipinski definition) is 4. The van der Waals surface area contributed by atoms with Crippen molar-refractivity contribution in [2.45, 2.75) is 25.8 Å². The number of nitrogens with two attached hydrogens (primary N) is 1. The van der Waals surface area contributed by atoms with Crippen LogP contribution in [0.15, 0.2) is 18.3 Å². The van der Waals surface area contributed by atoms with Gasteiger partial charge in [-0.1, -0.05) is 11.6 Å². The fourth-order valence-electron chi connectivity index (χ4n) is 1.24. The van der Waals surface area contributed by atoms with Crippen molar-refractivity contribution in [1.29, 1.82) is 0 Å². The molecule has 0 aliphatic heterocycles. The molecule has 1 unspecified atom stereocenters. The van der Waals surface area contributed by atoms with Crippen LogP contribution in [0.3, 0.4) is 0 Å². The number of pyridine rings is 1. The quantitative estimate of drug-likeness (QED) is 0.743. The number of halogens is 3. The van der Waals surface area contributed by atoms with E-state index in [4.69, 9.17) is 22.1 Å². The van der Waals surface area contributed by atoms with Crippen LogP contribution in [-0.4, -0.2) is 30.1 Å². The standard InChI is InChI=1S/C12H18ClN3O2.2ClH/c1-9(14)2-4-11(17)15-6-7-18-12-5-3-10(13)8-16-12;;/h3,5,8-9H,2,4,6-7,14H2,1H3,(H,15,17);2*1H. The Bertz CT molecular complexity index is 375. The van der Waals surface area contributed by atoms with Gasteiger partial charge >= 0.3 is 0 Å². The molecule has 1 atom stereocenters. The van der Waals surface area contributed by atoms with E-state index in [1.807, 2.05) is 6.92 Å². The molecule has 0 aliphatic rings. The van der Waals surface area contributed by atoms with Crippen LogP contribution >= 0.6 is 36.4 Å². The first kappa shape index (κ1) is 21.5. The van der Waals surface area contributed by atoms with E-state index in [0.29, 0.717) is 36.9 Å². The fourth-order valence-corrected chi connectivity index (χ4v) is 1.35. The number of rotatable bonds is 7. The van der Waals surface area contributed by atoms with Crippen LogP contribution in [-0.2, 0) is 4.79 Å². The second kappa shape index (κ2) is 12.0. The Hall–Kier alpha value is -0.750. The molecule has 1 heterocycles. The predicted octanol–water partition coefficient (Wildman–Crippen LogP) is 2.20. The summed E-state index contributed by atoms with van der Waals surface area (Å²) in [6, 6.07) is 3.43. The van der Waals surface area contributed by atoms with E-state index >= 15 is 0 Å². The zero-order chi connectivity index (χ0) is 13.4. The maximum absolute atomic E-state index is 11.3. The second-order valence-corrected chi connectivity index (χ2v) is 4.47. The number of hydrogen-bond donors (Lipinski definition) is 2. The molecule has 0 saturated carbocycles. The Morgan fingerprint density at radius 3 is 2.75 bits per heavy atom. The van der Waals surface area contributed by atoms with Crippen LogP contribution in [0.2, 0.25) is 5.02 Å². The van der Waals surface area contributed by atoms with Crippen LogP contribution in [0.25, 0.3) is 0 Å². The van der Waals surface area contributed by atoms with Crippen LogP contribution in [0, 0.1) is 0 Å². The molecule has 5 nitrogen and oxygen atoms in total. The van der Waals surface area contributed by atoms with Crippen molar-refractivity contribution in [3.63, 3.8) is 0 Å². The molecule has 0 bridgehead atoms. The number of carbonyl (C=O) groups is 1. The van der Waals surface area contributed by atoms with Gasteiger partial charge in [0, 0.05) is 24.7 Å². The van der Waals surface area contributed by atoms with Gasteiger partial charge in [-0.2, -0.15) is 0 Å². The monoisotopic (exact) mass is 343 g/mol. The largest absolute Gasteiger partial charge is 0.476 e. The summed E-state index contributed by atoms with van der Waals surface area (Å²) in [5.41, 5.74) is 5.56. The van der Waals surface area contributed by atoms with Crippen molar-refractivity contribution in [3.8, 4) is 5.88 Å². The smallest absolute Gasteiger partial charge is 0.220 e. The summed E-state index contributed by atoms with van der Waals surface area (Å²) in [6.07, 6.45) is 2.64. The van der Waals surface area contributed by atoms with Gasteiger partial charge in [0.05, 0.1) is 11.6 Å². The molecule has 0 saturated heterocycles.